The quantitative estimate of drug-likeness (QED) is 0.699. The molecule has 0 spiro atoms. The molecule has 0 unspecified atom stereocenters. The van der Waals surface area contributed by atoms with Crippen molar-refractivity contribution >= 4 is 0 Å². The smallest absolute Gasteiger partial charge is 0.0858 e. The summed E-state index contributed by atoms with van der Waals surface area (Å²) in [5, 5.41) is 2.16. The maximum absolute atomic E-state index is 6.09. The van der Waals surface area contributed by atoms with E-state index in [-0.39, 0.29) is 18.1 Å². The first kappa shape index (κ1) is 18.1. The zero-order valence-corrected chi connectivity index (χ0v) is 15.3. The summed E-state index contributed by atoms with van der Waals surface area (Å²) in [6.45, 7) is 3.91. The van der Waals surface area contributed by atoms with Gasteiger partial charge >= 0.3 is 0 Å². The van der Waals surface area contributed by atoms with Gasteiger partial charge in [-0.2, -0.15) is 5.06 Å². The minimum absolute atomic E-state index is 0.0594. The number of nitrogens with zero attached hydrogens (tertiary/aromatic N) is 1. The minimum atomic E-state index is 0.0594. The standard InChI is InChI=1S/C22H29NO2/c1-3-17-25-23-16-10-15-20(23)22(24-2)21(18-11-6-4-7-12-18)19-13-8-5-9-14-19/h4-9,11-14,20-22H,3,10,15-17H2,1-2H3/t20-,22-/m0/s1. The van der Waals surface area contributed by atoms with Crippen molar-refractivity contribution in [2.75, 3.05) is 20.3 Å². The van der Waals surface area contributed by atoms with Crippen LogP contribution in [0.5, 0.6) is 0 Å². The summed E-state index contributed by atoms with van der Waals surface area (Å²) >= 11 is 0. The average Bonchev–Trinajstić information content (AvgIpc) is 3.14. The Morgan fingerprint density at radius 2 is 1.60 bits per heavy atom. The third kappa shape index (κ3) is 4.30. The fourth-order valence-electron chi connectivity index (χ4n) is 3.87. The first-order chi connectivity index (χ1) is 12.3. The molecule has 0 N–H and O–H groups in total. The van der Waals surface area contributed by atoms with Crippen LogP contribution in [-0.2, 0) is 9.57 Å². The molecule has 1 heterocycles. The Labute approximate surface area is 151 Å². The largest absolute Gasteiger partial charge is 0.379 e. The highest BCUT2D eigenvalue weighted by atomic mass is 16.7. The molecule has 134 valence electrons. The number of rotatable bonds is 8. The molecule has 3 nitrogen and oxygen atoms in total. The lowest BCUT2D eigenvalue weighted by molar-refractivity contribution is -0.191. The van der Waals surface area contributed by atoms with Crippen molar-refractivity contribution in [1.29, 1.82) is 0 Å². The maximum Gasteiger partial charge on any atom is 0.0858 e. The van der Waals surface area contributed by atoms with Crippen LogP contribution in [0.15, 0.2) is 60.7 Å². The molecule has 0 radical (unpaired) electrons. The summed E-state index contributed by atoms with van der Waals surface area (Å²) in [6.07, 6.45) is 3.36. The van der Waals surface area contributed by atoms with Gasteiger partial charge in [-0.25, -0.2) is 0 Å². The van der Waals surface area contributed by atoms with Crippen LogP contribution in [-0.4, -0.2) is 37.5 Å². The van der Waals surface area contributed by atoms with Gasteiger partial charge in [-0.05, 0) is 30.4 Å². The van der Waals surface area contributed by atoms with Gasteiger partial charge in [0.25, 0.3) is 0 Å². The molecule has 0 aliphatic carbocycles. The molecule has 0 bridgehead atoms. The van der Waals surface area contributed by atoms with E-state index in [2.05, 4.69) is 72.7 Å². The molecule has 0 aromatic heterocycles. The molecule has 1 aliphatic heterocycles. The summed E-state index contributed by atoms with van der Waals surface area (Å²) < 4.78 is 6.09. The molecular weight excluding hydrogens is 310 g/mol. The van der Waals surface area contributed by atoms with Gasteiger partial charge in [-0.15, -0.1) is 0 Å². The highest BCUT2D eigenvalue weighted by Crippen LogP contribution is 2.36. The predicted octanol–water partition coefficient (Wildman–Crippen LogP) is 4.64. The van der Waals surface area contributed by atoms with E-state index < -0.39 is 0 Å². The first-order valence-corrected chi connectivity index (χ1v) is 9.37. The summed E-state index contributed by atoms with van der Waals surface area (Å²) in [4.78, 5) is 6.02. The molecule has 1 aliphatic rings. The zero-order chi connectivity index (χ0) is 17.5. The lowest BCUT2D eigenvalue weighted by atomic mass is 9.83. The van der Waals surface area contributed by atoms with Crippen molar-refractivity contribution in [3.05, 3.63) is 71.8 Å². The second-order valence-corrected chi connectivity index (χ2v) is 6.68. The molecule has 3 heteroatoms. The van der Waals surface area contributed by atoms with Gasteiger partial charge in [-0.3, -0.25) is 4.84 Å². The van der Waals surface area contributed by atoms with Gasteiger partial charge < -0.3 is 4.74 Å². The number of hydrogen-bond acceptors (Lipinski definition) is 3. The van der Waals surface area contributed by atoms with E-state index in [9.17, 15) is 0 Å². The van der Waals surface area contributed by atoms with E-state index >= 15 is 0 Å². The minimum Gasteiger partial charge on any atom is -0.379 e. The van der Waals surface area contributed by atoms with Crippen LogP contribution in [0.25, 0.3) is 0 Å². The van der Waals surface area contributed by atoms with Crippen LogP contribution >= 0.6 is 0 Å². The Balaban J connectivity index is 1.93. The van der Waals surface area contributed by atoms with Crippen molar-refractivity contribution in [1.82, 2.24) is 5.06 Å². The topological polar surface area (TPSA) is 21.7 Å². The third-order valence-electron chi connectivity index (χ3n) is 5.01. The molecule has 1 saturated heterocycles. The van der Waals surface area contributed by atoms with E-state index in [1.165, 1.54) is 11.1 Å². The van der Waals surface area contributed by atoms with E-state index in [1.54, 1.807) is 0 Å². The molecular formula is C22H29NO2. The number of methoxy groups -OCH3 is 1. The van der Waals surface area contributed by atoms with Crippen molar-refractivity contribution in [2.24, 2.45) is 0 Å². The normalized spacial score (nSPS) is 19.4. The molecule has 3 rings (SSSR count). The highest BCUT2D eigenvalue weighted by Gasteiger charge is 2.38. The fourth-order valence-corrected chi connectivity index (χ4v) is 3.87. The number of hydroxylamine groups is 2. The summed E-state index contributed by atoms with van der Waals surface area (Å²) in [5.41, 5.74) is 2.59. The van der Waals surface area contributed by atoms with Crippen LogP contribution in [0, 0.1) is 0 Å². The number of hydrogen-bond donors (Lipinski definition) is 0. The number of benzene rings is 2. The number of ether oxygens (including phenoxy) is 1. The summed E-state index contributed by atoms with van der Waals surface area (Å²) in [6, 6.07) is 21.7. The van der Waals surface area contributed by atoms with Crippen molar-refractivity contribution in [3.8, 4) is 0 Å². The van der Waals surface area contributed by atoms with Gasteiger partial charge in [0.05, 0.1) is 18.8 Å². The van der Waals surface area contributed by atoms with E-state index in [4.69, 9.17) is 9.57 Å². The SMILES string of the molecule is CCCON1CCC[C@H]1[C@H](OC)C(c1ccccc1)c1ccccc1. The summed E-state index contributed by atoms with van der Waals surface area (Å²) in [7, 11) is 1.83. The molecule has 0 saturated carbocycles. The highest BCUT2D eigenvalue weighted by molar-refractivity contribution is 5.34. The van der Waals surface area contributed by atoms with E-state index in [1.807, 2.05) is 7.11 Å². The molecule has 25 heavy (non-hydrogen) atoms. The fraction of sp³-hybridized carbons (Fsp3) is 0.455. The molecule has 1 fully saturated rings. The Morgan fingerprint density at radius 3 is 2.12 bits per heavy atom. The monoisotopic (exact) mass is 339 g/mol. The van der Waals surface area contributed by atoms with E-state index in [0.29, 0.717) is 0 Å². The second-order valence-electron chi connectivity index (χ2n) is 6.68. The molecule has 0 amide bonds. The van der Waals surface area contributed by atoms with Crippen LogP contribution in [0.2, 0.25) is 0 Å². The third-order valence-corrected chi connectivity index (χ3v) is 5.01. The Kier molecular flexibility index (Phi) is 6.62. The lowest BCUT2D eigenvalue weighted by Gasteiger charge is -2.35. The summed E-state index contributed by atoms with van der Waals surface area (Å²) in [5.74, 6) is 0.197. The second kappa shape index (κ2) is 9.14. The zero-order valence-electron chi connectivity index (χ0n) is 15.3. The molecule has 2 atom stereocenters. The maximum atomic E-state index is 6.09. The van der Waals surface area contributed by atoms with Crippen molar-refractivity contribution in [2.45, 2.75) is 44.2 Å². The van der Waals surface area contributed by atoms with Crippen molar-refractivity contribution in [3.63, 3.8) is 0 Å². The molecule has 2 aromatic rings. The van der Waals surface area contributed by atoms with Gasteiger partial charge in [-0.1, -0.05) is 67.6 Å². The first-order valence-electron chi connectivity index (χ1n) is 9.37. The Morgan fingerprint density at radius 1 is 1.00 bits per heavy atom. The average molecular weight is 339 g/mol. The van der Waals surface area contributed by atoms with Crippen LogP contribution in [0.1, 0.15) is 43.2 Å². The molecule has 2 aromatic carbocycles. The Hall–Kier alpha value is -1.68. The van der Waals surface area contributed by atoms with Crippen LogP contribution in [0.4, 0.5) is 0 Å². The van der Waals surface area contributed by atoms with Gasteiger partial charge in [0.2, 0.25) is 0 Å². The van der Waals surface area contributed by atoms with Crippen LogP contribution in [0.3, 0.4) is 0 Å². The van der Waals surface area contributed by atoms with Gasteiger partial charge in [0.15, 0.2) is 0 Å². The predicted molar refractivity (Wildman–Crippen MR) is 101 cm³/mol. The van der Waals surface area contributed by atoms with Crippen molar-refractivity contribution < 1.29 is 9.57 Å². The lowest BCUT2D eigenvalue weighted by Crippen LogP contribution is -2.43. The van der Waals surface area contributed by atoms with Gasteiger partial charge in [0.1, 0.15) is 0 Å². The van der Waals surface area contributed by atoms with E-state index in [0.717, 1.165) is 32.4 Å². The Bertz CT molecular complexity index is 577. The van der Waals surface area contributed by atoms with Crippen LogP contribution < -0.4 is 0 Å². The van der Waals surface area contributed by atoms with Gasteiger partial charge in [0, 0.05) is 19.6 Å².